The van der Waals surface area contributed by atoms with E-state index in [2.05, 4.69) is 109 Å². The van der Waals surface area contributed by atoms with E-state index in [0.717, 1.165) is 13.0 Å². The van der Waals surface area contributed by atoms with Crippen molar-refractivity contribution in [2.45, 2.75) is 25.3 Å². The fourth-order valence-electron chi connectivity index (χ4n) is 5.75. The van der Waals surface area contributed by atoms with E-state index in [4.69, 9.17) is 0 Å². The number of nitrogens with zero attached hydrogens (tertiary/aromatic N) is 1. The summed E-state index contributed by atoms with van der Waals surface area (Å²) >= 11 is 0. The Morgan fingerprint density at radius 1 is 0.812 bits per heavy atom. The fraction of sp³-hybridized carbons (Fsp3) is 0.241. The van der Waals surface area contributed by atoms with Gasteiger partial charge in [-0.25, -0.2) is 0 Å². The van der Waals surface area contributed by atoms with E-state index in [1.807, 2.05) is 0 Å². The molecule has 2 heterocycles. The van der Waals surface area contributed by atoms with Gasteiger partial charge in [0, 0.05) is 42.2 Å². The van der Waals surface area contributed by atoms with Crippen molar-refractivity contribution in [3.63, 3.8) is 0 Å². The van der Waals surface area contributed by atoms with E-state index < -0.39 is 0 Å². The predicted octanol–water partition coefficient (Wildman–Crippen LogP) is 6.53. The Kier molecular flexibility index (Phi) is 4.48. The van der Waals surface area contributed by atoms with Gasteiger partial charge in [0.15, 0.2) is 0 Å². The second-order valence-electron chi connectivity index (χ2n) is 9.31. The summed E-state index contributed by atoms with van der Waals surface area (Å²) < 4.78 is 0. The number of aromatic amines is 1. The Morgan fingerprint density at radius 3 is 2.28 bits per heavy atom. The van der Waals surface area contributed by atoms with Crippen LogP contribution in [0.15, 0.2) is 72.8 Å². The molecule has 2 unspecified atom stereocenters. The first-order valence-corrected chi connectivity index (χ1v) is 11.6. The monoisotopic (exact) mass is 419 g/mol. The average Bonchev–Trinajstić information content (AvgIpc) is 3.22. The third-order valence-corrected chi connectivity index (χ3v) is 7.27. The van der Waals surface area contributed by atoms with Crippen LogP contribution in [-0.4, -0.2) is 25.6 Å². The lowest BCUT2D eigenvalue weighted by Crippen LogP contribution is -2.33. The van der Waals surface area contributed by atoms with E-state index in [9.17, 15) is 0 Å². The summed E-state index contributed by atoms with van der Waals surface area (Å²) in [6, 6.07) is 26.8. The molecule has 1 aliphatic rings. The number of aromatic nitrogens is 1. The van der Waals surface area contributed by atoms with Crippen molar-refractivity contribution in [2.24, 2.45) is 0 Å². The highest BCUT2D eigenvalue weighted by Gasteiger charge is 2.31. The number of H-pyrrole nitrogens is 1. The average molecular weight is 420 g/mol. The van der Waals surface area contributed by atoms with E-state index >= 15 is 0 Å². The molecule has 6 rings (SSSR count). The zero-order chi connectivity index (χ0) is 21.8. The van der Waals surface area contributed by atoms with Crippen molar-refractivity contribution in [1.82, 2.24) is 10.3 Å². The second-order valence-corrected chi connectivity index (χ2v) is 9.31. The van der Waals surface area contributed by atoms with Gasteiger partial charge < -0.3 is 15.2 Å². The molecule has 1 aromatic heterocycles. The number of hydrogen-bond acceptors (Lipinski definition) is 2. The molecule has 0 radical (unpaired) electrons. The molecule has 1 aliphatic heterocycles. The van der Waals surface area contributed by atoms with Gasteiger partial charge in [0.05, 0.1) is 11.6 Å². The van der Waals surface area contributed by atoms with Crippen molar-refractivity contribution < 1.29 is 0 Å². The van der Waals surface area contributed by atoms with Crippen LogP contribution in [0.5, 0.6) is 0 Å². The minimum absolute atomic E-state index is 0.245. The molecule has 3 heteroatoms. The predicted molar refractivity (Wildman–Crippen MR) is 137 cm³/mol. The molecule has 0 amide bonds. The van der Waals surface area contributed by atoms with Crippen molar-refractivity contribution in [3.05, 3.63) is 89.6 Å². The number of fused-ring (bicyclic) bond motifs is 6. The highest BCUT2D eigenvalue weighted by atomic mass is 15.1. The van der Waals surface area contributed by atoms with Crippen molar-refractivity contribution in [2.75, 3.05) is 25.5 Å². The van der Waals surface area contributed by atoms with E-state index in [1.54, 1.807) is 0 Å². The van der Waals surface area contributed by atoms with Gasteiger partial charge in [-0.05, 0) is 46.3 Å². The van der Waals surface area contributed by atoms with Crippen molar-refractivity contribution in [3.8, 4) is 0 Å². The topological polar surface area (TPSA) is 31.1 Å². The first-order chi connectivity index (χ1) is 15.6. The lowest BCUT2D eigenvalue weighted by molar-refractivity contribution is 0.440. The van der Waals surface area contributed by atoms with E-state index in [0.29, 0.717) is 5.92 Å². The molecule has 32 heavy (non-hydrogen) atoms. The summed E-state index contributed by atoms with van der Waals surface area (Å²) in [5, 5.41) is 10.5. The Labute approximate surface area is 189 Å². The normalized spacial score (nSPS) is 17.0. The van der Waals surface area contributed by atoms with Gasteiger partial charge >= 0.3 is 0 Å². The van der Waals surface area contributed by atoms with Crippen LogP contribution >= 0.6 is 0 Å². The first kappa shape index (κ1) is 19.4. The Hall–Kier alpha value is -3.30. The molecule has 2 N–H and O–H groups in total. The minimum atomic E-state index is 0.245. The van der Waals surface area contributed by atoms with Gasteiger partial charge in [-0.3, -0.25) is 0 Å². The SMILES string of the molecule is CC(c1c(N(C)C)ccc2ccccc12)C1NCCc2c1[nH]c1c2ccc2ccccc21. The van der Waals surface area contributed by atoms with Crippen LogP contribution in [0.4, 0.5) is 5.69 Å². The number of benzene rings is 4. The van der Waals surface area contributed by atoms with Crippen LogP contribution in [0, 0.1) is 0 Å². The maximum atomic E-state index is 3.88. The largest absolute Gasteiger partial charge is 0.377 e. The Balaban J connectivity index is 1.56. The summed E-state index contributed by atoms with van der Waals surface area (Å²) in [5.41, 5.74) is 6.83. The standard InChI is InChI=1S/C29H29N3/c1-18(26-21-10-6-4-8-19(21)13-15-25(26)32(2)3)27-29-24(16-17-30-27)23-14-12-20-9-5-7-11-22(20)28(23)31-29/h4-15,18,27,30-31H,16-17H2,1-3H3. The first-order valence-electron chi connectivity index (χ1n) is 11.6. The maximum absolute atomic E-state index is 3.88. The highest BCUT2D eigenvalue weighted by molar-refractivity contribution is 6.07. The van der Waals surface area contributed by atoms with Gasteiger partial charge in [0.25, 0.3) is 0 Å². The Bertz CT molecular complexity index is 1460. The third kappa shape index (κ3) is 2.85. The molecule has 0 spiro atoms. The minimum Gasteiger partial charge on any atom is -0.377 e. The molecule has 0 bridgehead atoms. The summed E-state index contributed by atoms with van der Waals surface area (Å²) in [6.07, 6.45) is 1.06. The van der Waals surface area contributed by atoms with Crippen LogP contribution in [0.3, 0.4) is 0 Å². The molecule has 0 aliphatic carbocycles. The third-order valence-electron chi connectivity index (χ3n) is 7.27. The van der Waals surface area contributed by atoms with Crippen molar-refractivity contribution >= 4 is 38.1 Å². The zero-order valence-corrected chi connectivity index (χ0v) is 18.9. The van der Waals surface area contributed by atoms with E-state index in [-0.39, 0.29) is 6.04 Å². The van der Waals surface area contributed by atoms with Crippen LogP contribution in [0.25, 0.3) is 32.4 Å². The molecule has 4 aromatic carbocycles. The molecule has 2 atom stereocenters. The van der Waals surface area contributed by atoms with Crippen LogP contribution in [0.2, 0.25) is 0 Å². The molecule has 5 aromatic rings. The smallest absolute Gasteiger partial charge is 0.0544 e. The second kappa shape index (κ2) is 7.39. The molecule has 0 fully saturated rings. The fourth-order valence-corrected chi connectivity index (χ4v) is 5.75. The number of nitrogens with one attached hydrogen (secondary N) is 2. The Morgan fingerprint density at radius 2 is 1.50 bits per heavy atom. The molecule has 0 saturated carbocycles. The molecule has 0 saturated heterocycles. The summed E-state index contributed by atoms with van der Waals surface area (Å²) in [5.74, 6) is 0.317. The maximum Gasteiger partial charge on any atom is 0.0544 e. The quantitative estimate of drug-likeness (QED) is 0.348. The van der Waals surface area contributed by atoms with Crippen LogP contribution in [0.1, 0.15) is 35.7 Å². The zero-order valence-electron chi connectivity index (χ0n) is 18.9. The van der Waals surface area contributed by atoms with Gasteiger partial charge in [-0.1, -0.05) is 73.7 Å². The van der Waals surface area contributed by atoms with Gasteiger partial charge in [0.2, 0.25) is 0 Å². The van der Waals surface area contributed by atoms with Crippen molar-refractivity contribution in [1.29, 1.82) is 0 Å². The molecule has 3 nitrogen and oxygen atoms in total. The molecular formula is C29H29N3. The number of anilines is 1. The molecule has 160 valence electrons. The highest BCUT2D eigenvalue weighted by Crippen LogP contribution is 2.43. The summed E-state index contributed by atoms with van der Waals surface area (Å²) in [7, 11) is 4.30. The van der Waals surface area contributed by atoms with E-state index in [1.165, 1.54) is 55.0 Å². The van der Waals surface area contributed by atoms with Crippen LogP contribution < -0.4 is 10.2 Å². The molecular weight excluding hydrogens is 390 g/mol. The van der Waals surface area contributed by atoms with Gasteiger partial charge in [-0.2, -0.15) is 0 Å². The lowest BCUT2D eigenvalue weighted by Gasteiger charge is -2.33. The van der Waals surface area contributed by atoms with Gasteiger partial charge in [0.1, 0.15) is 0 Å². The lowest BCUT2D eigenvalue weighted by atomic mass is 9.83. The summed E-state index contributed by atoms with van der Waals surface area (Å²) in [6.45, 7) is 3.38. The van der Waals surface area contributed by atoms with Crippen LogP contribution in [-0.2, 0) is 6.42 Å². The van der Waals surface area contributed by atoms with Gasteiger partial charge in [-0.15, -0.1) is 0 Å². The number of hydrogen-bond donors (Lipinski definition) is 2. The number of rotatable bonds is 3. The summed E-state index contributed by atoms with van der Waals surface area (Å²) in [4.78, 5) is 6.13.